The van der Waals surface area contributed by atoms with Crippen molar-refractivity contribution < 1.29 is 17.9 Å². The lowest BCUT2D eigenvalue weighted by atomic mass is 10.2. The largest absolute Gasteiger partial charge is 0.482 e. The minimum atomic E-state index is -3.05. The molecule has 26 heavy (non-hydrogen) atoms. The first-order valence-electron chi connectivity index (χ1n) is 8.19. The molecule has 1 aliphatic heterocycles. The van der Waals surface area contributed by atoms with Crippen LogP contribution in [0.1, 0.15) is 23.7 Å². The van der Waals surface area contributed by atoms with Crippen molar-refractivity contribution in [3.63, 3.8) is 0 Å². The summed E-state index contributed by atoms with van der Waals surface area (Å²) in [6, 6.07) is 6.77. The number of sulfone groups is 1. The number of ether oxygens (including phenoxy) is 1. The predicted octanol–water partition coefficient (Wildman–Crippen LogP) is 2.53. The van der Waals surface area contributed by atoms with Crippen LogP contribution in [0.3, 0.4) is 0 Å². The summed E-state index contributed by atoms with van der Waals surface area (Å²) in [7, 11) is -3.05. The molecule has 1 aromatic heterocycles. The fraction of sp³-hybridized carbons (Fsp3) is 0.412. The molecule has 1 aromatic carbocycles. The van der Waals surface area contributed by atoms with Gasteiger partial charge >= 0.3 is 0 Å². The number of carbonyl (C=O) groups is 1. The van der Waals surface area contributed by atoms with E-state index in [2.05, 4.69) is 10.4 Å². The number of aryl methyl sites for hydroxylation is 2. The summed E-state index contributed by atoms with van der Waals surface area (Å²) in [6.07, 6.45) is 0.488. The Hall–Kier alpha value is -2.06. The smallest absolute Gasteiger partial charge is 0.263 e. The monoisotopic (exact) mass is 397 g/mol. The Morgan fingerprint density at radius 3 is 2.85 bits per heavy atom. The average Bonchev–Trinajstić information content (AvgIpc) is 3.10. The van der Waals surface area contributed by atoms with Crippen LogP contribution in [0.2, 0.25) is 5.02 Å². The fourth-order valence-corrected chi connectivity index (χ4v) is 4.76. The second kappa shape index (κ2) is 7.28. The topological polar surface area (TPSA) is 90.3 Å². The van der Waals surface area contributed by atoms with Crippen molar-refractivity contribution in [2.24, 2.45) is 0 Å². The maximum Gasteiger partial charge on any atom is 0.263 e. The van der Waals surface area contributed by atoms with Gasteiger partial charge in [-0.15, -0.1) is 0 Å². The molecule has 0 bridgehead atoms. The van der Waals surface area contributed by atoms with Crippen LogP contribution in [0, 0.1) is 13.8 Å². The van der Waals surface area contributed by atoms with E-state index in [1.54, 1.807) is 29.8 Å². The van der Waals surface area contributed by atoms with Gasteiger partial charge in [-0.3, -0.25) is 4.79 Å². The first kappa shape index (κ1) is 18.7. The van der Waals surface area contributed by atoms with Crippen molar-refractivity contribution in [1.29, 1.82) is 0 Å². The van der Waals surface area contributed by atoms with Crippen molar-refractivity contribution in [2.45, 2.75) is 26.3 Å². The van der Waals surface area contributed by atoms with Gasteiger partial charge in [0.05, 0.1) is 28.3 Å². The highest BCUT2D eigenvalue weighted by atomic mass is 35.5. The number of rotatable bonds is 5. The van der Waals surface area contributed by atoms with Crippen molar-refractivity contribution in [3.05, 3.63) is 40.5 Å². The molecule has 9 heteroatoms. The van der Waals surface area contributed by atoms with Crippen LogP contribution in [-0.2, 0) is 14.6 Å². The summed E-state index contributed by atoms with van der Waals surface area (Å²) >= 11 is 6.05. The van der Waals surface area contributed by atoms with Crippen molar-refractivity contribution in [1.82, 2.24) is 9.78 Å². The molecule has 1 aliphatic rings. The van der Waals surface area contributed by atoms with E-state index >= 15 is 0 Å². The van der Waals surface area contributed by atoms with Crippen LogP contribution in [-0.4, -0.2) is 42.2 Å². The van der Waals surface area contributed by atoms with Gasteiger partial charge in [0, 0.05) is 6.07 Å². The zero-order chi connectivity index (χ0) is 18.9. The van der Waals surface area contributed by atoms with Crippen LogP contribution in [0.25, 0.3) is 0 Å². The second-order valence-electron chi connectivity index (χ2n) is 6.44. The van der Waals surface area contributed by atoms with Gasteiger partial charge in [0.1, 0.15) is 11.6 Å². The highest BCUT2D eigenvalue weighted by molar-refractivity contribution is 7.91. The number of nitrogens with one attached hydrogen (secondary N) is 1. The number of nitrogens with zero attached hydrogens (tertiary/aromatic N) is 2. The fourth-order valence-electron chi connectivity index (χ4n) is 2.90. The third-order valence-electron chi connectivity index (χ3n) is 4.13. The van der Waals surface area contributed by atoms with Crippen molar-refractivity contribution in [2.75, 3.05) is 23.4 Å². The van der Waals surface area contributed by atoms with Gasteiger partial charge in [-0.25, -0.2) is 13.1 Å². The van der Waals surface area contributed by atoms with E-state index in [-0.39, 0.29) is 30.1 Å². The Labute approximate surface area is 157 Å². The summed E-state index contributed by atoms with van der Waals surface area (Å²) in [5, 5.41) is 7.50. The Morgan fingerprint density at radius 2 is 2.15 bits per heavy atom. The number of hydrogen-bond donors (Lipinski definition) is 1. The number of anilines is 1. The summed E-state index contributed by atoms with van der Waals surface area (Å²) in [6.45, 7) is 3.48. The molecule has 0 radical (unpaired) electrons. The van der Waals surface area contributed by atoms with Crippen LogP contribution in [0.15, 0.2) is 24.3 Å². The standard InChI is InChI=1S/C17H20ClN3O4S/c1-11-3-4-14(18)15(7-11)25-9-17(22)19-16-8-12(2)20-21(16)13-5-6-26(23,24)10-13/h3-4,7-8,13H,5-6,9-10H2,1-2H3,(H,19,22). The van der Waals surface area contributed by atoms with E-state index in [1.807, 2.05) is 13.0 Å². The molecule has 1 N–H and O–H groups in total. The molecule has 3 rings (SSSR count). The Balaban J connectivity index is 1.67. The van der Waals surface area contributed by atoms with E-state index < -0.39 is 9.84 Å². The maximum atomic E-state index is 12.2. The molecule has 140 valence electrons. The van der Waals surface area contributed by atoms with Gasteiger partial charge in [-0.1, -0.05) is 17.7 Å². The van der Waals surface area contributed by atoms with Crippen LogP contribution < -0.4 is 10.1 Å². The molecule has 1 fully saturated rings. The minimum Gasteiger partial charge on any atom is -0.482 e. The number of halogens is 1. The molecule has 0 spiro atoms. The van der Waals surface area contributed by atoms with Gasteiger partial charge in [0.15, 0.2) is 16.4 Å². The molecule has 7 nitrogen and oxygen atoms in total. The number of aromatic nitrogens is 2. The SMILES string of the molecule is Cc1ccc(Cl)c(OCC(=O)Nc2cc(C)nn2C2CCS(=O)(=O)C2)c1. The molecule has 2 heterocycles. The quantitative estimate of drug-likeness (QED) is 0.837. The molecular formula is C17H20ClN3O4S. The minimum absolute atomic E-state index is 0.0341. The van der Waals surface area contributed by atoms with Crippen LogP contribution >= 0.6 is 11.6 Å². The number of amides is 1. The Kier molecular flexibility index (Phi) is 5.24. The molecule has 0 saturated carbocycles. The van der Waals surface area contributed by atoms with E-state index in [4.69, 9.17) is 16.3 Å². The normalized spacial score (nSPS) is 18.7. The lowest BCUT2D eigenvalue weighted by Crippen LogP contribution is -2.24. The molecule has 1 atom stereocenters. The first-order chi connectivity index (χ1) is 12.2. The van der Waals surface area contributed by atoms with E-state index in [1.165, 1.54) is 0 Å². The lowest BCUT2D eigenvalue weighted by Gasteiger charge is -2.14. The number of hydrogen-bond acceptors (Lipinski definition) is 5. The molecule has 2 aromatic rings. The number of carbonyl (C=O) groups excluding carboxylic acids is 1. The van der Waals surface area contributed by atoms with E-state index in [0.717, 1.165) is 5.56 Å². The van der Waals surface area contributed by atoms with E-state index in [0.29, 0.717) is 28.7 Å². The molecular weight excluding hydrogens is 378 g/mol. The second-order valence-corrected chi connectivity index (χ2v) is 9.08. The summed E-state index contributed by atoms with van der Waals surface area (Å²) in [5.74, 6) is 0.706. The first-order valence-corrected chi connectivity index (χ1v) is 10.4. The molecule has 1 amide bonds. The summed E-state index contributed by atoms with van der Waals surface area (Å²) in [4.78, 5) is 12.2. The number of benzene rings is 1. The molecule has 1 saturated heterocycles. The van der Waals surface area contributed by atoms with Crippen molar-refractivity contribution >= 4 is 33.2 Å². The van der Waals surface area contributed by atoms with Crippen LogP contribution in [0.4, 0.5) is 5.82 Å². The van der Waals surface area contributed by atoms with Gasteiger partial charge in [0.25, 0.3) is 5.91 Å². The Bertz CT molecular complexity index is 939. The van der Waals surface area contributed by atoms with E-state index in [9.17, 15) is 13.2 Å². The zero-order valence-electron chi connectivity index (χ0n) is 14.5. The van der Waals surface area contributed by atoms with Crippen molar-refractivity contribution in [3.8, 4) is 5.75 Å². The zero-order valence-corrected chi connectivity index (χ0v) is 16.1. The molecule has 0 aliphatic carbocycles. The van der Waals surface area contributed by atoms with Gasteiger partial charge in [-0.2, -0.15) is 5.10 Å². The third-order valence-corrected chi connectivity index (χ3v) is 6.19. The highest BCUT2D eigenvalue weighted by Gasteiger charge is 2.31. The maximum absolute atomic E-state index is 12.2. The highest BCUT2D eigenvalue weighted by Crippen LogP contribution is 2.27. The predicted molar refractivity (Wildman–Crippen MR) is 99.6 cm³/mol. The lowest BCUT2D eigenvalue weighted by molar-refractivity contribution is -0.118. The Morgan fingerprint density at radius 1 is 1.38 bits per heavy atom. The molecule has 1 unspecified atom stereocenters. The van der Waals surface area contributed by atoms with Crippen LogP contribution in [0.5, 0.6) is 5.75 Å². The summed E-state index contributed by atoms with van der Waals surface area (Å²) in [5.41, 5.74) is 1.67. The third kappa shape index (κ3) is 4.37. The average molecular weight is 398 g/mol. The summed E-state index contributed by atoms with van der Waals surface area (Å²) < 4.78 is 30.5. The van der Waals surface area contributed by atoms with Gasteiger partial charge in [0.2, 0.25) is 0 Å². The van der Waals surface area contributed by atoms with Gasteiger partial charge in [-0.05, 0) is 38.0 Å². The van der Waals surface area contributed by atoms with Gasteiger partial charge < -0.3 is 10.1 Å².